The summed E-state index contributed by atoms with van der Waals surface area (Å²) in [6, 6.07) is 15.9. The lowest BCUT2D eigenvalue weighted by molar-refractivity contribution is -0.116. The number of hydrogen-bond donors (Lipinski definition) is 2. The fraction of sp³-hybridized carbons (Fsp3) is 0.393. The zero-order valence-electron chi connectivity index (χ0n) is 22.9. The summed E-state index contributed by atoms with van der Waals surface area (Å²) < 4.78 is 17.7. The van der Waals surface area contributed by atoms with Gasteiger partial charge in [-0.2, -0.15) is 5.10 Å². The average molecular weight is 524 g/mol. The van der Waals surface area contributed by atoms with Gasteiger partial charge in [-0.25, -0.2) is 9.48 Å². The average Bonchev–Trinajstić information content (AvgIpc) is 3.32. The van der Waals surface area contributed by atoms with Crippen molar-refractivity contribution in [2.75, 3.05) is 51.2 Å². The van der Waals surface area contributed by atoms with E-state index in [0.29, 0.717) is 29.6 Å². The summed E-state index contributed by atoms with van der Waals surface area (Å²) >= 11 is 0. The molecular formula is C28H37N5O5. The van der Waals surface area contributed by atoms with E-state index in [9.17, 15) is 9.59 Å². The second-order valence-corrected chi connectivity index (χ2v) is 9.60. The van der Waals surface area contributed by atoms with Crippen LogP contribution in [0.4, 0.5) is 16.3 Å². The molecule has 0 spiro atoms. The van der Waals surface area contributed by atoms with Crippen LogP contribution in [-0.2, 0) is 14.9 Å². The fourth-order valence-corrected chi connectivity index (χ4v) is 3.61. The SMILES string of the molecule is CCOc1ccccc1NC(=O)N(CCOC)CC(=O)Nc1cc(C(C)(C)C)nn1-c1ccc(OC)cc1. The Morgan fingerprint density at radius 3 is 2.37 bits per heavy atom. The molecular weight excluding hydrogens is 486 g/mol. The zero-order valence-corrected chi connectivity index (χ0v) is 22.9. The molecule has 204 valence electrons. The Balaban J connectivity index is 1.81. The van der Waals surface area contributed by atoms with E-state index < -0.39 is 6.03 Å². The largest absolute Gasteiger partial charge is 0.497 e. The van der Waals surface area contributed by atoms with E-state index in [1.807, 2.05) is 43.3 Å². The number of ether oxygens (including phenoxy) is 3. The topological polar surface area (TPSA) is 107 Å². The molecule has 0 unspecified atom stereocenters. The van der Waals surface area contributed by atoms with Gasteiger partial charge in [-0.3, -0.25) is 4.79 Å². The fourth-order valence-electron chi connectivity index (χ4n) is 3.61. The van der Waals surface area contributed by atoms with Gasteiger partial charge in [0.15, 0.2) is 0 Å². The molecule has 1 heterocycles. The van der Waals surface area contributed by atoms with Crippen LogP contribution < -0.4 is 20.1 Å². The summed E-state index contributed by atoms with van der Waals surface area (Å²) in [6.45, 7) is 8.78. The van der Waals surface area contributed by atoms with Crippen molar-refractivity contribution in [1.29, 1.82) is 0 Å². The third kappa shape index (κ3) is 7.48. The first-order valence-electron chi connectivity index (χ1n) is 12.5. The van der Waals surface area contributed by atoms with Crippen LogP contribution in [-0.4, -0.2) is 67.1 Å². The van der Waals surface area contributed by atoms with Crippen LogP contribution in [0, 0.1) is 0 Å². The Morgan fingerprint density at radius 1 is 1.03 bits per heavy atom. The van der Waals surface area contributed by atoms with E-state index in [4.69, 9.17) is 19.3 Å². The number of para-hydroxylation sites is 2. The van der Waals surface area contributed by atoms with Gasteiger partial charge in [0, 0.05) is 25.1 Å². The van der Waals surface area contributed by atoms with Crippen molar-refractivity contribution >= 4 is 23.4 Å². The molecule has 0 saturated heterocycles. The lowest BCUT2D eigenvalue weighted by Gasteiger charge is -2.23. The zero-order chi connectivity index (χ0) is 27.7. The molecule has 0 aliphatic carbocycles. The molecule has 0 saturated carbocycles. The van der Waals surface area contributed by atoms with Crippen molar-refractivity contribution in [1.82, 2.24) is 14.7 Å². The van der Waals surface area contributed by atoms with Crippen molar-refractivity contribution in [2.24, 2.45) is 0 Å². The monoisotopic (exact) mass is 523 g/mol. The highest BCUT2D eigenvalue weighted by Crippen LogP contribution is 2.27. The van der Waals surface area contributed by atoms with E-state index in [2.05, 4.69) is 31.4 Å². The maximum Gasteiger partial charge on any atom is 0.322 e. The van der Waals surface area contributed by atoms with E-state index in [-0.39, 0.29) is 31.0 Å². The predicted molar refractivity (Wildman–Crippen MR) is 148 cm³/mol. The Hall–Kier alpha value is -4.05. The van der Waals surface area contributed by atoms with Crippen LogP contribution >= 0.6 is 0 Å². The molecule has 0 aliphatic heterocycles. The highest BCUT2D eigenvalue weighted by atomic mass is 16.5. The number of amides is 3. The first kappa shape index (κ1) is 28.5. The number of rotatable bonds is 11. The van der Waals surface area contributed by atoms with E-state index >= 15 is 0 Å². The Labute approximate surface area is 223 Å². The van der Waals surface area contributed by atoms with Crippen LogP contribution in [0.25, 0.3) is 5.69 Å². The molecule has 2 aromatic carbocycles. The number of methoxy groups -OCH3 is 2. The highest BCUT2D eigenvalue weighted by Gasteiger charge is 2.23. The normalized spacial score (nSPS) is 11.1. The first-order valence-corrected chi connectivity index (χ1v) is 12.5. The van der Waals surface area contributed by atoms with Crippen LogP contribution in [0.1, 0.15) is 33.4 Å². The number of nitrogens with one attached hydrogen (secondary N) is 2. The Morgan fingerprint density at radius 2 is 1.74 bits per heavy atom. The molecule has 0 fully saturated rings. The quantitative estimate of drug-likeness (QED) is 0.377. The van der Waals surface area contributed by atoms with Crippen molar-refractivity contribution in [3.63, 3.8) is 0 Å². The minimum atomic E-state index is -0.441. The van der Waals surface area contributed by atoms with Gasteiger partial charge in [-0.15, -0.1) is 0 Å². The van der Waals surface area contributed by atoms with Crippen molar-refractivity contribution in [3.8, 4) is 17.2 Å². The second kappa shape index (κ2) is 13.0. The van der Waals surface area contributed by atoms with Crippen LogP contribution in [0.3, 0.4) is 0 Å². The summed E-state index contributed by atoms with van der Waals surface area (Å²) in [6.07, 6.45) is 0. The number of nitrogens with zero attached hydrogens (tertiary/aromatic N) is 3. The lowest BCUT2D eigenvalue weighted by atomic mass is 9.92. The third-order valence-corrected chi connectivity index (χ3v) is 5.68. The number of carbonyl (C=O) groups excluding carboxylic acids is 2. The maximum absolute atomic E-state index is 13.2. The number of hydrogen-bond acceptors (Lipinski definition) is 6. The predicted octanol–water partition coefficient (Wildman–Crippen LogP) is 4.70. The van der Waals surface area contributed by atoms with Gasteiger partial charge in [0.2, 0.25) is 5.91 Å². The maximum atomic E-state index is 13.2. The number of anilines is 2. The summed E-state index contributed by atoms with van der Waals surface area (Å²) in [7, 11) is 3.15. The smallest absolute Gasteiger partial charge is 0.322 e. The number of urea groups is 1. The summed E-state index contributed by atoms with van der Waals surface area (Å²) in [5.41, 5.74) is 1.85. The Bertz CT molecular complexity index is 1220. The van der Waals surface area contributed by atoms with Gasteiger partial charge < -0.3 is 29.7 Å². The number of benzene rings is 2. The molecule has 1 aromatic heterocycles. The molecule has 0 radical (unpaired) electrons. The van der Waals surface area contributed by atoms with Crippen LogP contribution in [0.2, 0.25) is 0 Å². The third-order valence-electron chi connectivity index (χ3n) is 5.68. The molecule has 10 nitrogen and oxygen atoms in total. The Kier molecular flexibility index (Phi) is 9.72. The summed E-state index contributed by atoms with van der Waals surface area (Å²) in [5, 5.41) is 10.5. The lowest BCUT2D eigenvalue weighted by Crippen LogP contribution is -2.42. The number of aromatic nitrogens is 2. The van der Waals surface area contributed by atoms with Gasteiger partial charge in [0.25, 0.3) is 0 Å². The van der Waals surface area contributed by atoms with Crippen LogP contribution in [0.15, 0.2) is 54.6 Å². The van der Waals surface area contributed by atoms with Crippen molar-refractivity contribution < 1.29 is 23.8 Å². The van der Waals surface area contributed by atoms with Crippen LogP contribution in [0.5, 0.6) is 11.5 Å². The summed E-state index contributed by atoms with van der Waals surface area (Å²) in [4.78, 5) is 27.7. The molecule has 10 heteroatoms. The first-order chi connectivity index (χ1) is 18.2. The molecule has 2 N–H and O–H groups in total. The summed E-state index contributed by atoms with van der Waals surface area (Å²) in [5.74, 6) is 1.40. The van der Waals surface area contributed by atoms with Gasteiger partial charge in [0.05, 0.1) is 37.4 Å². The number of carbonyl (C=O) groups is 2. The van der Waals surface area contributed by atoms with Gasteiger partial charge >= 0.3 is 6.03 Å². The van der Waals surface area contributed by atoms with Gasteiger partial charge in [0.1, 0.15) is 23.9 Å². The van der Waals surface area contributed by atoms with Crippen molar-refractivity contribution in [3.05, 3.63) is 60.3 Å². The molecule has 0 atom stereocenters. The van der Waals surface area contributed by atoms with Gasteiger partial charge in [-0.05, 0) is 43.3 Å². The highest BCUT2D eigenvalue weighted by molar-refractivity contribution is 5.97. The minimum Gasteiger partial charge on any atom is -0.497 e. The molecule has 3 rings (SSSR count). The van der Waals surface area contributed by atoms with E-state index in [1.165, 1.54) is 4.90 Å². The minimum absolute atomic E-state index is 0.190. The molecule has 0 bridgehead atoms. The molecule has 3 aromatic rings. The van der Waals surface area contributed by atoms with Crippen molar-refractivity contribution in [2.45, 2.75) is 33.1 Å². The second-order valence-electron chi connectivity index (χ2n) is 9.60. The van der Waals surface area contributed by atoms with E-state index in [1.54, 1.807) is 37.1 Å². The standard InChI is InChI=1S/C28H37N5O5/c1-7-38-23-11-9-8-10-22(23)29-27(35)32(16-17-36-5)19-26(34)30-25-18-24(28(2,3)4)31-33(25)20-12-14-21(37-6)15-13-20/h8-15,18H,7,16-17,19H2,1-6H3,(H,29,35)(H,30,34). The molecule has 3 amide bonds. The van der Waals surface area contributed by atoms with Gasteiger partial charge in [-0.1, -0.05) is 32.9 Å². The van der Waals surface area contributed by atoms with E-state index in [0.717, 1.165) is 11.4 Å². The molecule has 38 heavy (non-hydrogen) atoms. The molecule has 0 aliphatic rings.